The maximum absolute atomic E-state index is 11.7. The van der Waals surface area contributed by atoms with Crippen LogP contribution in [0.3, 0.4) is 0 Å². The fraction of sp³-hybridized carbons (Fsp3) is 0.250. The SMILES string of the molecule is O=C(O)c1ccc2c(c1)CCN2CCn1ccccc1=O. The van der Waals surface area contributed by atoms with E-state index in [-0.39, 0.29) is 5.56 Å². The number of carbonyl (C=O) groups is 1. The largest absolute Gasteiger partial charge is 0.478 e. The first-order chi connectivity index (χ1) is 10.1. The van der Waals surface area contributed by atoms with Gasteiger partial charge in [-0.05, 0) is 36.2 Å². The molecule has 0 bridgehead atoms. The van der Waals surface area contributed by atoms with Crippen molar-refractivity contribution in [3.05, 3.63) is 64.1 Å². The van der Waals surface area contributed by atoms with Crippen LogP contribution in [0.15, 0.2) is 47.4 Å². The van der Waals surface area contributed by atoms with Crippen molar-refractivity contribution < 1.29 is 9.90 Å². The zero-order chi connectivity index (χ0) is 14.8. The number of anilines is 1. The first kappa shape index (κ1) is 13.4. The number of aromatic carboxylic acids is 1. The predicted octanol–water partition coefficient (Wildman–Crippen LogP) is 1.61. The van der Waals surface area contributed by atoms with Gasteiger partial charge in [0.2, 0.25) is 0 Å². The van der Waals surface area contributed by atoms with Crippen LogP contribution in [-0.2, 0) is 13.0 Å². The third-order valence-electron chi connectivity index (χ3n) is 3.83. The molecular formula is C16H16N2O3. The van der Waals surface area contributed by atoms with Crippen molar-refractivity contribution in [1.29, 1.82) is 0 Å². The number of fused-ring (bicyclic) bond motifs is 1. The molecule has 5 nitrogen and oxygen atoms in total. The van der Waals surface area contributed by atoms with Crippen LogP contribution in [0, 0.1) is 0 Å². The number of carboxylic acids is 1. The predicted molar refractivity (Wildman–Crippen MR) is 80.0 cm³/mol. The van der Waals surface area contributed by atoms with Crippen molar-refractivity contribution in [2.75, 3.05) is 18.0 Å². The van der Waals surface area contributed by atoms with Crippen LogP contribution in [0.1, 0.15) is 15.9 Å². The Labute approximate surface area is 122 Å². The van der Waals surface area contributed by atoms with Crippen LogP contribution < -0.4 is 10.5 Å². The van der Waals surface area contributed by atoms with E-state index < -0.39 is 5.97 Å². The van der Waals surface area contributed by atoms with Gasteiger partial charge in [-0.15, -0.1) is 0 Å². The maximum Gasteiger partial charge on any atom is 0.335 e. The zero-order valence-electron chi connectivity index (χ0n) is 11.5. The van der Waals surface area contributed by atoms with E-state index in [1.165, 1.54) is 0 Å². The number of nitrogens with zero attached hydrogens (tertiary/aromatic N) is 2. The summed E-state index contributed by atoms with van der Waals surface area (Å²) in [6.45, 7) is 2.23. The lowest BCUT2D eigenvalue weighted by Crippen LogP contribution is -2.29. The molecular weight excluding hydrogens is 268 g/mol. The minimum absolute atomic E-state index is 0.00172. The molecule has 108 valence electrons. The molecule has 5 heteroatoms. The Hall–Kier alpha value is -2.56. The number of rotatable bonds is 4. The molecule has 0 fully saturated rings. The van der Waals surface area contributed by atoms with E-state index in [4.69, 9.17) is 5.11 Å². The second-order valence-electron chi connectivity index (χ2n) is 5.12. The highest BCUT2D eigenvalue weighted by Crippen LogP contribution is 2.28. The Morgan fingerprint density at radius 3 is 2.81 bits per heavy atom. The quantitative estimate of drug-likeness (QED) is 0.926. The number of carboxylic acid groups (broad SMARTS) is 1. The number of aromatic nitrogens is 1. The standard InChI is InChI=1S/C16H16N2O3/c19-15-3-1-2-7-18(15)10-9-17-8-6-12-11-13(16(20)21)4-5-14(12)17/h1-5,7,11H,6,8-10H2,(H,20,21). The maximum atomic E-state index is 11.7. The van der Waals surface area contributed by atoms with E-state index in [1.54, 1.807) is 35.0 Å². The Kier molecular flexibility index (Phi) is 3.48. The Morgan fingerprint density at radius 2 is 2.05 bits per heavy atom. The van der Waals surface area contributed by atoms with Crippen molar-refractivity contribution in [3.8, 4) is 0 Å². The molecule has 0 unspecified atom stereocenters. The van der Waals surface area contributed by atoms with E-state index >= 15 is 0 Å². The lowest BCUT2D eigenvalue weighted by molar-refractivity contribution is 0.0697. The van der Waals surface area contributed by atoms with Gasteiger partial charge in [0.1, 0.15) is 0 Å². The van der Waals surface area contributed by atoms with Crippen LogP contribution in [0.5, 0.6) is 0 Å². The minimum atomic E-state index is -0.896. The van der Waals surface area contributed by atoms with Gasteiger partial charge < -0.3 is 14.6 Å². The van der Waals surface area contributed by atoms with E-state index in [2.05, 4.69) is 4.90 Å². The molecule has 2 heterocycles. The van der Waals surface area contributed by atoms with Gasteiger partial charge in [0.15, 0.2) is 0 Å². The van der Waals surface area contributed by atoms with Gasteiger partial charge >= 0.3 is 5.97 Å². The zero-order valence-corrected chi connectivity index (χ0v) is 11.5. The van der Waals surface area contributed by atoms with Gasteiger partial charge in [-0.1, -0.05) is 6.07 Å². The Bertz CT molecular complexity index is 736. The van der Waals surface area contributed by atoms with Gasteiger partial charge in [0.05, 0.1) is 5.56 Å². The average molecular weight is 284 g/mol. The Balaban J connectivity index is 1.75. The molecule has 0 atom stereocenters. The summed E-state index contributed by atoms with van der Waals surface area (Å²) >= 11 is 0. The molecule has 0 amide bonds. The van der Waals surface area contributed by atoms with Crippen LogP contribution in [0.4, 0.5) is 5.69 Å². The molecule has 0 spiro atoms. The molecule has 0 aliphatic carbocycles. The van der Waals surface area contributed by atoms with Crippen molar-refractivity contribution in [1.82, 2.24) is 4.57 Å². The summed E-state index contributed by atoms with van der Waals surface area (Å²) in [5.41, 5.74) is 2.47. The molecule has 1 aliphatic heterocycles. The van der Waals surface area contributed by atoms with Crippen LogP contribution in [-0.4, -0.2) is 28.7 Å². The first-order valence-electron chi connectivity index (χ1n) is 6.92. The highest BCUT2D eigenvalue weighted by atomic mass is 16.4. The second kappa shape index (κ2) is 5.44. The van der Waals surface area contributed by atoms with E-state index in [1.807, 2.05) is 12.1 Å². The fourth-order valence-corrected chi connectivity index (χ4v) is 2.71. The van der Waals surface area contributed by atoms with Gasteiger partial charge in [-0.25, -0.2) is 4.79 Å². The fourth-order valence-electron chi connectivity index (χ4n) is 2.71. The first-order valence-corrected chi connectivity index (χ1v) is 6.92. The van der Waals surface area contributed by atoms with Crippen molar-refractivity contribution in [2.24, 2.45) is 0 Å². The summed E-state index contributed by atoms with van der Waals surface area (Å²) in [6, 6.07) is 10.4. The number of hydrogen-bond acceptors (Lipinski definition) is 3. The van der Waals surface area contributed by atoms with Crippen molar-refractivity contribution >= 4 is 11.7 Å². The van der Waals surface area contributed by atoms with Crippen molar-refractivity contribution in [3.63, 3.8) is 0 Å². The molecule has 1 aliphatic rings. The average Bonchev–Trinajstić information content (AvgIpc) is 2.88. The van der Waals surface area contributed by atoms with Crippen LogP contribution >= 0.6 is 0 Å². The second-order valence-corrected chi connectivity index (χ2v) is 5.12. The molecule has 3 rings (SSSR count). The summed E-state index contributed by atoms with van der Waals surface area (Å²) in [6.07, 6.45) is 2.63. The van der Waals surface area contributed by atoms with Crippen molar-refractivity contribution in [2.45, 2.75) is 13.0 Å². The van der Waals surface area contributed by atoms with Crippen LogP contribution in [0.2, 0.25) is 0 Å². The minimum Gasteiger partial charge on any atom is -0.478 e. The van der Waals surface area contributed by atoms with E-state index in [0.29, 0.717) is 12.1 Å². The highest BCUT2D eigenvalue weighted by molar-refractivity contribution is 5.88. The van der Waals surface area contributed by atoms with Crippen LogP contribution in [0.25, 0.3) is 0 Å². The van der Waals surface area contributed by atoms with Gasteiger partial charge in [0, 0.05) is 37.6 Å². The molecule has 1 aromatic carbocycles. The summed E-state index contributed by atoms with van der Waals surface area (Å²) in [4.78, 5) is 24.8. The molecule has 21 heavy (non-hydrogen) atoms. The third kappa shape index (κ3) is 2.67. The van der Waals surface area contributed by atoms with Gasteiger partial charge in [-0.2, -0.15) is 0 Å². The molecule has 1 N–H and O–H groups in total. The normalized spacial score (nSPS) is 13.2. The summed E-state index contributed by atoms with van der Waals surface area (Å²) < 4.78 is 1.68. The number of pyridine rings is 1. The molecule has 0 radical (unpaired) electrons. The summed E-state index contributed by atoms with van der Waals surface area (Å²) in [5, 5.41) is 9.01. The summed E-state index contributed by atoms with van der Waals surface area (Å²) in [7, 11) is 0. The smallest absolute Gasteiger partial charge is 0.335 e. The number of hydrogen-bond donors (Lipinski definition) is 1. The monoisotopic (exact) mass is 284 g/mol. The van der Waals surface area contributed by atoms with E-state index in [0.717, 1.165) is 30.8 Å². The topological polar surface area (TPSA) is 62.5 Å². The lowest BCUT2D eigenvalue weighted by atomic mass is 10.1. The van der Waals surface area contributed by atoms with Gasteiger partial charge in [0.25, 0.3) is 5.56 Å². The number of benzene rings is 1. The molecule has 0 saturated carbocycles. The third-order valence-corrected chi connectivity index (χ3v) is 3.83. The molecule has 2 aromatic rings. The highest BCUT2D eigenvalue weighted by Gasteiger charge is 2.20. The molecule has 0 saturated heterocycles. The lowest BCUT2D eigenvalue weighted by Gasteiger charge is -2.20. The Morgan fingerprint density at radius 1 is 1.19 bits per heavy atom. The molecule has 1 aromatic heterocycles. The summed E-state index contributed by atoms with van der Waals surface area (Å²) in [5.74, 6) is -0.896. The van der Waals surface area contributed by atoms with Gasteiger partial charge in [-0.3, -0.25) is 4.79 Å². The van der Waals surface area contributed by atoms with E-state index in [9.17, 15) is 9.59 Å².